The van der Waals surface area contributed by atoms with Gasteiger partial charge in [-0.05, 0) is 55.3 Å². The number of carbonyl (C=O) groups excluding carboxylic acids is 2. The number of sulfone groups is 1. The van der Waals surface area contributed by atoms with E-state index >= 15 is 0 Å². The van der Waals surface area contributed by atoms with E-state index in [0.29, 0.717) is 12.2 Å². The van der Waals surface area contributed by atoms with Crippen molar-refractivity contribution >= 4 is 33.0 Å². The van der Waals surface area contributed by atoms with Gasteiger partial charge in [0, 0.05) is 24.3 Å². The van der Waals surface area contributed by atoms with E-state index in [4.69, 9.17) is 0 Å². The fraction of sp³-hybridized carbons (Fsp3) is 0.333. The molecule has 28 heavy (non-hydrogen) atoms. The van der Waals surface area contributed by atoms with Gasteiger partial charge in [-0.2, -0.15) is 0 Å². The lowest BCUT2D eigenvalue weighted by atomic mass is 10.1. The second-order valence-electron chi connectivity index (χ2n) is 7.04. The highest BCUT2D eigenvalue weighted by Crippen LogP contribution is 2.30. The van der Waals surface area contributed by atoms with Gasteiger partial charge in [0.15, 0.2) is 9.84 Å². The Labute approximate surface area is 165 Å². The van der Waals surface area contributed by atoms with Gasteiger partial charge in [0.2, 0.25) is 11.8 Å². The van der Waals surface area contributed by atoms with Crippen LogP contribution in [0.2, 0.25) is 0 Å². The van der Waals surface area contributed by atoms with E-state index in [-0.39, 0.29) is 28.9 Å². The van der Waals surface area contributed by atoms with Gasteiger partial charge in [0.25, 0.3) is 0 Å². The molecule has 1 aliphatic rings. The van der Waals surface area contributed by atoms with Crippen LogP contribution in [0.1, 0.15) is 24.5 Å². The van der Waals surface area contributed by atoms with E-state index in [1.165, 1.54) is 12.1 Å². The van der Waals surface area contributed by atoms with E-state index in [1.54, 1.807) is 24.0 Å². The average Bonchev–Trinajstić information content (AvgIpc) is 3.06. The molecule has 2 aromatic carbocycles. The zero-order valence-electron chi connectivity index (χ0n) is 16.2. The number of hydrogen-bond acceptors (Lipinski definition) is 4. The number of benzene rings is 2. The first-order valence-electron chi connectivity index (χ1n) is 9.23. The monoisotopic (exact) mass is 400 g/mol. The first-order valence-corrected chi connectivity index (χ1v) is 10.9. The molecule has 1 fully saturated rings. The molecule has 0 radical (unpaired) electrons. The summed E-state index contributed by atoms with van der Waals surface area (Å²) in [5.74, 6) is -0.742. The number of amides is 2. The smallest absolute Gasteiger partial charge is 0.229 e. The Balaban J connectivity index is 1.71. The second kappa shape index (κ2) is 7.75. The van der Waals surface area contributed by atoms with Crippen LogP contribution in [-0.4, -0.2) is 32.5 Å². The Bertz CT molecular complexity index is 1010. The maximum Gasteiger partial charge on any atom is 0.229 e. The fourth-order valence-corrected chi connectivity index (χ4v) is 4.18. The Kier molecular flexibility index (Phi) is 5.56. The van der Waals surface area contributed by atoms with Crippen LogP contribution in [0, 0.1) is 19.8 Å². The largest absolute Gasteiger partial charge is 0.326 e. The molecule has 0 aromatic heterocycles. The Morgan fingerprint density at radius 1 is 1.14 bits per heavy atom. The second-order valence-corrected chi connectivity index (χ2v) is 9.32. The minimum Gasteiger partial charge on any atom is -0.326 e. The van der Waals surface area contributed by atoms with Gasteiger partial charge in [-0.15, -0.1) is 0 Å². The quantitative estimate of drug-likeness (QED) is 0.836. The highest BCUT2D eigenvalue weighted by Gasteiger charge is 2.35. The average molecular weight is 401 g/mol. The molecule has 2 aromatic rings. The molecular weight excluding hydrogens is 376 g/mol. The van der Waals surface area contributed by atoms with Crippen molar-refractivity contribution in [1.29, 1.82) is 0 Å². The van der Waals surface area contributed by atoms with Crippen molar-refractivity contribution in [1.82, 2.24) is 0 Å². The Morgan fingerprint density at radius 2 is 1.82 bits per heavy atom. The van der Waals surface area contributed by atoms with Crippen molar-refractivity contribution in [2.24, 2.45) is 5.92 Å². The molecule has 1 saturated heterocycles. The number of anilines is 2. The van der Waals surface area contributed by atoms with Crippen molar-refractivity contribution in [2.75, 3.05) is 22.5 Å². The number of hydrogen-bond donors (Lipinski definition) is 1. The summed E-state index contributed by atoms with van der Waals surface area (Å²) in [5, 5.41) is 2.79. The lowest BCUT2D eigenvalue weighted by Crippen LogP contribution is -2.28. The topological polar surface area (TPSA) is 83.5 Å². The molecule has 1 aliphatic heterocycles. The standard InChI is InChI=1S/C21H24N2O4S/c1-4-28(26,27)18-10-8-17(9-11-18)22-21(25)16-12-20(24)23(13-16)19-7-5-6-14(2)15(19)3/h5-11,16H,4,12-13H2,1-3H3,(H,22,25). The summed E-state index contributed by atoms with van der Waals surface area (Å²) in [7, 11) is -3.28. The fourth-order valence-electron chi connectivity index (χ4n) is 3.30. The number of aryl methyl sites for hydroxylation is 1. The summed E-state index contributed by atoms with van der Waals surface area (Å²) >= 11 is 0. The molecular formula is C21H24N2O4S. The molecule has 1 heterocycles. The highest BCUT2D eigenvalue weighted by atomic mass is 32.2. The molecule has 2 amide bonds. The van der Waals surface area contributed by atoms with Crippen molar-refractivity contribution in [3.05, 3.63) is 53.6 Å². The highest BCUT2D eigenvalue weighted by molar-refractivity contribution is 7.91. The first kappa shape index (κ1) is 20.1. The first-order chi connectivity index (χ1) is 13.2. The maximum atomic E-state index is 12.6. The van der Waals surface area contributed by atoms with E-state index in [9.17, 15) is 18.0 Å². The lowest BCUT2D eigenvalue weighted by Gasteiger charge is -2.20. The van der Waals surface area contributed by atoms with Crippen LogP contribution >= 0.6 is 0 Å². The van der Waals surface area contributed by atoms with Crippen molar-refractivity contribution < 1.29 is 18.0 Å². The predicted octanol–water partition coefficient (Wildman–Crippen LogP) is 3.09. The Hall–Kier alpha value is -2.67. The SMILES string of the molecule is CCS(=O)(=O)c1ccc(NC(=O)C2CC(=O)N(c3cccc(C)c3C)C2)cc1. The third kappa shape index (κ3) is 3.94. The number of rotatable bonds is 5. The zero-order chi connectivity index (χ0) is 20.5. The van der Waals surface area contributed by atoms with Crippen LogP contribution < -0.4 is 10.2 Å². The minimum absolute atomic E-state index is 0.0249. The lowest BCUT2D eigenvalue weighted by molar-refractivity contribution is -0.122. The molecule has 7 heteroatoms. The van der Waals surface area contributed by atoms with Gasteiger partial charge >= 0.3 is 0 Å². The predicted molar refractivity (Wildman–Crippen MR) is 109 cm³/mol. The van der Waals surface area contributed by atoms with E-state index in [1.807, 2.05) is 32.0 Å². The summed E-state index contributed by atoms with van der Waals surface area (Å²) in [6.07, 6.45) is 0.154. The molecule has 0 bridgehead atoms. The van der Waals surface area contributed by atoms with Crippen molar-refractivity contribution in [3.8, 4) is 0 Å². The van der Waals surface area contributed by atoms with Crippen LogP contribution in [0.3, 0.4) is 0 Å². The van der Waals surface area contributed by atoms with E-state index in [2.05, 4.69) is 5.32 Å². The molecule has 1 unspecified atom stereocenters. The zero-order valence-corrected chi connectivity index (χ0v) is 17.0. The van der Waals surface area contributed by atoms with Crippen LogP contribution in [0.25, 0.3) is 0 Å². The van der Waals surface area contributed by atoms with Gasteiger partial charge in [0.1, 0.15) is 0 Å². The normalized spacial score (nSPS) is 17.0. The third-order valence-corrected chi connectivity index (χ3v) is 6.97. The molecule has 0 saturated carbocycles. The van der Waals surface area contributed by atoms with Crippen LogP contribution in [0.15, 0.2) is 47.4 Å². The van der Waals surface area contributed by atoms with Gasteiger partial charge < -0.3 is 10.2 Å². The molecule has 148 valence electrons. The number of nitrogens with zero attached hydrogens (tertiary/aromatic N) is 1. The molecule has 3 rings (SSSR count). The summed E-state index contributed by atoms with van der Waals surface area (Å²) in [4.78, 5) is 27.0. The summed E-state index contributed by atoms with van der Waals surface area (Å²) in [6, 6.07) is 11.9. The van der Waals surface area contributed by atoms with Crippen LogP contribution in [-0.2, 0) is 19.4 Å². The molecule has 0 spiro atoms. The summed E-state index contributed by atoms with van der Waals surface area (Å²) in [6.45, 7) is 5.88. The van der Waals surface area contributed by atoms with Crippen molar-refractivity contribution in [3.63, 3.8) is 0 Å². The van der Waals surface area contributed by atoms with Gasteiger partial charge in [0.05, 0.1) is 16.6 Å². The van der Waals surface area contributed by atoms with E-state index in [0.717, 1.165) is 16.8 Å². The number of nitrogens with one attached hydrogen (secondary N) is 1. The Morgan fingerprint density at radius 3 is 2.46 bits per heavy atom. The maximum absolute atomic E-state index is 12.6. The number of carbonyl (C=O) groups is 2. The van der Waals surface area contributed by atoms with Crippen molar-refractivity contribution in [2.45, 2.75) is 32.1 Å². The van der Waals surface area contributed by atoms with Crippen LogP contribution in [0.4, 0.5) is 11.4 Å². The van der Waals surface area contributed by atoms with Gasteiger partial charge in [-0.3, -0.25) is 9.59 Å². The van der Waals surface area contributed by atoms with E-state index < -0.39 is 15.8 Å². The minimum atomic E-state index is -3.28. The van der Waals surface area contributed by atoms with Gasteiger partial charge in [-0.1, -0.05) is 19.1 Å². The van der Waals surface area contributed by atoms with Crippen LogP contribution in [0.5, 0.6) is 0 Å². The summed E-state index contributed by atoms with van der Waals surface area (Å²) < 4.78 is 23.7. The molecule has 1 N–H and O–H groups in total. The third-order valence-electron chi connectivity index (χ3n) is 5.22. The molecule has 1 atom stereocenters. The molecule has 6 nitrogen and oxygen atoms in total. The summed E-state index contributed by atoms with van der Waals surface area (Å²) in [5.41, 5.74) is 3.48. The molecule has 0 aliphatic carbocycles. The van der Waals surface area contributed by atoms with Gasteiger partial charge in [-0.25, -0.2) is 8.42 Å².